The summed E-state index contributed by atoms with van der Waals surface area (Å²) >= 11 is 7.19. The van der Waals surface area contributed by atoms with Gasteiger partial charge in [0, 0.05) is 36.1 Å². The van der Waals surface area contributed by atoms with E-state index in [2.05, 4.69) is 20.7 Å². The molecule has 1 spiro atoms. The molecule has 6 rings (SSSR count). The lowest BCUT2D eigenvalue weighted by atomic mass is 9.52. The lowest BCUT2D eigenvalue weighted by Crippen LogP contribution is -2.55. The summed E-state index contributed by atoms with van der Waals surface area (Å²) in [5.41, 5.74) is -1.52. The van der Waals surface area contributed by atoms with Crippen molar-refractivity contribution >= 4 is 17.4 Å². The molecular weight excluding hydrogens is 617 g/mol. The predicted octanol–water partition coefficient (Wildman–Crippen LogP) is 6.21. The van der Waals surface area contributed by atoms with E-state index in [1.807, 2.05) is 41.7 Å². The van der Waals surface area contributed by atoms with Crippen LogP contribution < -0.4 is 10.6 Å². The number of rotatable bonds is 5. The van der Waals surface area contributed by atoms with Crippen molar-refractivity contribution in [3.8, 4) is 0 Å². The van der Waals surface area contributed by atoms with Crippen LogP contribution in [0.4, 0.5) is 13.2 Å². The van der Waals surface area contributed by atoms with Crippen LogP contribution in [-0.4, -0.2) is 51.7 Å². The number of nitrogens with zero attached hydrogens (tertiary/aromatic N) is 4. The molecule has 5 heterocycles. The topological polar surface area (TPSA) is 94.0 Å². The van der Waals surface area contributed by atoms with Crippen molar-refractivity contribution in [3.63, 3.8) is 0 Å². The molecule has 0 radical (unpaired) electrons. The van der Waals surface area contributed by atoms with Crippen molar-refractivity contribution in [1.82, 2.24) is 30.4 Å². The van der Waals surface area contributed by atoms with Crippen molar-refractivity contribution < 1.29 is 22.7 Å². The highest BCUT2D eigenvalue weighted by atomic mass is 35.5. The summed E-state index contributed by atoms with van der Waals surface area (Å²) < 4.78 is 53.3. The van der Waals surface area contributed by atoms with Gasteiger partial charge < -0.3 is 15.4 Å². The van der Waals surface area contributed by atoms with Crippen LogP contribution in [0.25, 0.3) is 0 Å². The van der Waals surface area contributed by atoms with Gasteiger partial charge in [0.25, 0.3) is 0 Å². The van der Waals surface area contributed by atoms with E-state index in [4.69, 9.17) is 21.3 Å². The molecule has 2 saturated heterocycles. The van der Waals surface area contributed by atoms with Gasteiger partial charge in [-0.05, 0) is 76.7 Å². The van der Waals surface area contributed by atoms with Crippen molar-refractivity contribution in [1.29, 1.82) is 0 Å². The summed E-state index contributed by atoms with van der Waals surface area (Å²) in [6.45, 7) is 13.7. The van der Waals surface area contributed by atoms with E-state index >= 15 is 9.18 Å². The van der Waals surface area contributed by atoms with E-state index in [0.29, 0.717) is 67.2 Å². The van der Waals surface area contributed by atoms with Crippen molar-refractivity contribution in [2.24, 2.45) is 17.9 Å². The molecule has 2 aromatic heterocycles. The largest absolute Gasteiger partial charge is 0.360 e. The molecule has 0 saturated carbocycles. The summed E-state index contributed by atoms with van der Waals surface area (Å²) in [6.07, 6.45) is 2.42. The third-order valence-corrected chi connectivity index (χ3v) is 11.2. The minimum absolute atomic E-state index is 0.0463. The number of benzene rings is 1. The zero-order valence-corrected chi connectivity index (χ0v) is 28.2. The summed E-state index contributed by atoms with van der Waals surface area (Å²) in [6, 6.07) is 2.19. The van der Waals surface area contributed by atoms with E-state index in [9.17, 15) is 8.78 Å². The molecule has 2 fully saturated rings. The first kappa shape index (κ1) is 33.1. The minimum atomic E-state index is -1.55. The quantitative estimate of drug-likeness (QED) is 0.249. The molecule has 248 valence electrons. The Morgan fingerprint density at radius 2 is 1.72 bits per heavy atom. The molecule has 0 amide bonds. The molecule has 46 heavy (non-hydrogen) atoms. The average Bonchev–Trinajstić information content (AvgIpc) is 3.58. The Morgan fingerprint density at radius 1 is 1.04 bits per heavy atom. The normalized spacial score (nSPS) is 24.8. The predicted molar refractivity (Wildman–Crippen MR) is 168 cm³/mol. The second-order valence-electron chi connectivity index (χ2n) is 14.6. The Hall–Kier alpha value is -2.86. The fourth-order valence-corrected chi connectivity index (χ4v) is 8.58. The number of hydrogen-bond acceptors (Lipinski definition) is 7. The van der Waals surface area contributed by atoms with Gasteiger partial charge in [0.1, 0.15) is 17.8 Å². The van der Waals surface area contributed by atoms with Crippen LogP contribution in [0, 0.1) is 35.2 Å². The van der Waals surface area contributed by atoms with Gasteiger partial charge in [-0.25, -0.2) is 18.2 Å². The standard InChI is InChI=1S/C34H42ClF3N6O2/c1-18-24(35)22(28(45)34(31(2,3)4)12-15-40-16-20(34)19-8-9-21(36)26(38)25(19)37)23-27(43-18)33(10-13-39-14-11-33)46-29(23)32(5,6)30-41-17-42-44(30)7/h8-9,17,20,29,39-40H,10-16H2,1-7H3/t20-,29+,34-/m0/s1. The molecule has 2 N–H and O–H groups in total. The van der Waals surface area contributed by atoms with Crippen LogP contribution in [0.15, 0.2) is 18.5 Å². The summed E-state index contributed by atoms with van der Waals surface area (Å²) in [7, 11) is 1.82. The Balaban J connectivity index is 1.64. The van der Waals surface area contributed by atoms with E-state index in [-0.39, 0.29) is 22.9 Å². The molecule has 0 aliphatic carbocycles. The van der Waals surface area contributed by atoms with Crippen LogP contribution in [0.5, 0.6) is 0 Å². The number of aromatic nitrogens is 4. The van der Waals surface area contributed by atoms with Gasteiger partial charge in [0.05, 0.1) is 27.9 Å². The number of ether oxygens (including phenoxy) is 1. The first-order chi connectivity index (χ1) is 21.6. The highest BCUT2D eigenvalue weighted by Gasteiger charge is 2.60. The first-order valence-electron chi connectivity index (χ1n) is 15.9. The summed E-state index contributed by atoms with van der Waals surface area (Å²) in [4.78, 5) is 25.3. The fraction of sp³-hybridized carbons (Fsp3) is 0.588. The molecule has 0 bridgehead atoms. The Bertz CT molecular complexity index is 1700. The van der Waals surface area contributed by atoms with Crippen LogP contribution >= 0.6 is 11.6 Å². The smallest absolute Gasteiger partial charge is 0.194 e. The van der Waals surface area contributed by atoms with Crippen molar-refractivity contribution in [3.05, 3.63) is 74.8 Å². The van der Waals surface area contributed by atoms with E-state index in [0.717, 1.165) is 6.07 Å². The molecule has 3 aliphatic rings. The maximum Gasteiger partial charge on any atom is 0.194 e. The highest BCUT2D eigenvalue weighted by molar-refractivity contribution is 6.35. The number of ketones is 1. The average molecular weight is 659 g/mol. The van der Waals surface area contributed by atoms with Gasteiger partial charge in [0.2, 0.25) is 0 Å². The van der Waals surface area contributed by atoms with Gasteiger partial charge >= 0.3 is 0 Å². The molecule has 3 aliphatic heterocycles. The Labute approximate surface area is 272 Å². The van der Waals surface area contributed by atoms with E-state index in [1.54, 1.807) is 11.6 Å². The second-order valence-corrected chi connectivity index (χ2v) is 15.0. The number of pyridine rings is 1. The van der Waals surface area contributed by atoms with Gasteiger partial charge in [0.15, 0.2) is 23.2 Å². The molecule has 3 atom stereocenters. The van der Waals surface area contributed by atoms with Crippen LogP contribution in [0.3, 0.4) is 0 Å². The van der Waals surface area contributed by atoms with Crippen LogP contribution in [0.1, 0.15) is 105 Å². The molecule has 0 unspecified atom stereocenters. The number of aryl methyl sites for hydroxylation is 2. The maximum absolute atomic E-state index is 15.7. The maximum atomic E-state index is 15.7. The number of carbonyl (C=O) groups is 1. The second kappa shape index (κ2) is 11.4. The van der Waals surface area contributed by atoms with Gasteiger partial charge in [-0.2, -0.15) is 5.10 Å². The van der Waals surface area contributed by atoms with Gasteiger partial charge in [-0.15, -0.1) is 0 Å². The summed E-state index contributed by atoms with van der Waals surface area (Å²) in [5.74, 6) is -4.56. The SMILES string of the molecule is Cc1nc2c(c(C(=O)[C@]3(C(C)(C)C)CCNC[C@H]3c3ccc(F)c(F)c3F)c1Cl)[C@H](C(C)(C)c1ncnn1C)OC21CCNCC1. The number of hydrogen-bond donors (Lipinski definition) is 2. The molecule has 12 heteroatoms. The molecular formula is C34H42ClF3N6O2. The Kier molecular flexibility index (Phi) is 8.18. The van der Waals surface area contributed by atoms with Crippen LogP contribution in [-0.2, 0) is 22.8 Å². The third kappa shape index (κ3) is 4.75. The number of halogens is 4. The summed E-state index contributed by atoms with van der Waals surface area (Å²) in [5, 5.41) is 11.2. The highest BCUT2D eigenvalue weighted by Crippen LogP contribution is 2.60. The monoisotopic (exact) mass is 658 g/mol. The van der Waals surface area contributed by atoms with Crippen LogP contribution in [0.2, 0.25) is 5.02 Å². The van der Waals surface area contributed by atoms with Crippen molar-refractivity contribution in [2.75, 3.05) is 26.2 Å². The molecule has 8 nitrogen and oxygen atoms in total. The lowest BCUT2D eigenvalue weighted by Gasteiger charge is -2.52. The third-order valence-electron chi connectivity index (χ3n) is 10.8. The number of Topliss-reactive ketones (excluding diaryl/α,β-unsaturated/α-hetero) is 1. The molecule has 1 aromatic carbocycles. The number of fused-ring (bicyclic) bond motifs is 2. The fourth-order valence-electron chi connectivity index (χ4n) is 8.35. The minimum Gasteiger partial charge on any atom is -0.360 e. The van der Waals surface area contributed by atoms with Gasteiger partial charge in [-0.1, -0.05) is 38.4 Å². The lowest BCUT2D eigenvalue weighted by molar-refractivity contribution is -0.120. The van der Waals surface area contributed by atoms with Crippen molar-refractivity contribution in [2.45, 2.75) is 83.8 Å². The number of nitrogens with one attached hydrogen (secondary N) is 2. The number of piperidine rings is 2. The van der Waals surface area contributed by atoms with E-state index < -0.39 is 51.3 Å². The van der Waals surface area contributed by atoms with Gasteiger partial charge in [-0.3, -0.25) is 14.5 Å². The van der Waals surface area contributed by atoms with E-state index in [1.165, 1.54) is 12.4 Å². The number of carbonyl (C=O) groups excluding carboxylic acids is 1. The zero-order chi connectivity index (χ0) is 33.4. The zero-order valence-electron chi connectivity index (χ0n) is 27.5. The first-order valence-corrected chi connectivity index (χ1v) is 16.3. The molecule has 3 aromatic rings. The Morgan fingerprint density at radius 3 is 2.35 bits per heavy atom.